The van der Waals surface area contributed by atoms with Gasteiger partial charge in [0.05, 0.1) is 13.2 Å². The lowest BCUT2D eigenvalue weighted by molar-refractivity contribution is -0.284. The Balaban J connectivity index is 4.27. The minimum Gasteiger partial charge on any atom is -0.466 e. The van der Waals surface area contributed by atoms with Gasteiger partial charge in [-0.25, -0.2) is 0 Å². The molecule has 0 radical (unpaired) electrons. The maximum Gasteiger partial charge on any atom is 0.453 e. The van der Waals surface area contributed by atoms with Gasteiger partial charge in [-0.3, -0.25) is 4.79 Å². The van der Waals surface area contributed by atoms with Gasteiger partial charge >= 0.3 is 30.2 Å². The number of alkyl halides is 10. The van der Waals surface area contributed by atoms with Crippen LogP contribution in [-0.4, -0.2) is 92.5 Å². The highest BCUT2D eigenvalue weighted by Crippen LogP contribution is 2.40. The predicted octanol–water partition coefficient (Wildman–Crippen LogP) is 14.3. The zero-order valence-corrected chi connectivity index (χ0v) is 36.5. The van der Waals surface area contributed by atoms with Gasteiger partial charge in [-0.2, -0.15) is 43.9 Å². The monoisotopic (exact) mass is 892 g/mol. The summed E-state index contributed by atoms with van der Waals surface area (Å²) in [6.07, 6.45) is 7.40. The highest BCUT2D eigenvalue weighted by molar-refractivity contribution is 5.69. The van der Waals surface area contributed by atoms with Crippen molar-refractivity contribution in [2.75, 3.05) is 46.1 Å². The number of hydrogen-bond acceptors (Lipinski definition) is 6. The fraction of sp³-hybridized carbons (Fsp3) is 0.977. The molecule has 0 bridgehead atoms. The van der Waals surface area contributed by atoms with Crippen LogP contribution in [0, 0.1) is 0 Å². The number of carbonyl (C=O) groups excluding carboxylic acids is 1. The molecular formula is C44H79F10NO5. The van der Waals surface area contributed by atoms with E-state index in [1.165, 1.54) is 32.1 Å². The molecule has 0 fully saturated rings. The van der Waals surface area contributed by atoms with Crippen molar-refractivity contribution < 1.29 is 68.0 Å². The standard InChI is InChI=1S/C44H79F10NO5/c1-2-3-4-5-8-16-25-36-58-39(57)28-19-10-9-15-24-33-55(34-35-56)32-23-14-7-6-11-20-29-40(59-37-26-17-12-21-30-41(45,46)43(49,50)51)60-38-27-18-13-22-31-42(47,48)44(52,53)54/h40,56H,2-38H2,1H3. The zero-order chi connectivity index (χ0) is 45.0. The second-order valence-corrected chi connectivity index (χ2v) is 16.2. The van der Waals surface area contributed by atoms with E-state index in [1.807, 2.05) is 0 Å². The Morgan fingerprint density at radius 3 is 1.32 bits per heavy atom. The van der Waals surface area contributed by atoms with Gasteiger partial charge in [0.2, 0.25) is 0 Å². The Kier molecular flexibility index (Phi) is 35.2. The summed E-state index contributed by atoms with van der Waals surface area (Å²) in [5.41, 5.74) is 0. The third-order valence-electron chi connectivity index (χ3n) is 10.7. The first-order valence-electron chi connectivity index (χ1n) is 23.1. The van der Waals surface area contributed by atoms with Crippen molar-refractivity contribution in [1.82, 2.24) is 4.90 Å². The molecule has 60 heavy (non-hydrogen) atoms. The lowest BCUT2D eigenvalue weighted by Gasteiger charge is -2.21. The van der Waals surface area contributed by atoms with Crippen LogP contribution in [0.25, 0.3) is 0 Å². The molecule has 16 heteroatoms. The van der Waals surface area contributed by atoms with Gasteiger partial charge in [-0.05, 0) is 77.3 Å². The molecular weight excluding hydrogens is 812 g/mol. The van der Waals surface area contributed by atoms with Crippen molar-refractivity contribution in [3.8, 4) is 0 Å². The number of unbranched alkanes of at least 4 members (excludes halogenated alkanes) is 21. The molecule has 6 nitrogen and oxygen atoms in total. The Labute approximate surface area is 354 Å². The summed E-state index contributed by atoms with van der Waals surface area (Å²) in [5, 5.41) is 9.52. The third kappa shape index (κ3) is 33.2. The van der Waals surface area contributed by atoms with E-state index >= 15 is 0 Å². The van der Waals surface area contributed by atoms with E-state index in [-0.39, 0.29) is 51.5 Å². The molecule has 0 aromatic heterocycles. The number of esters is 1. The van der Waals surface area contributed by atoms with Gasteiger partial charge in [0, 0.05) is 39.0 Å². The number of rotatable bonds is 43. The molecule has 0 aromatic carbocycles. The molecule has 0 atom stereocenters. The van der Waals surface area contributed by atoms with Crippen LogP contribution < -0.4 is 0 Å². The third-order valence-corrected chi connectivity index (χ3v) is 10.7. The first kappa shape index (κ1) is 58.6. The quantitative estimate of drug-likeness (QED) is 0.0285. The van der Waals surface area contributed by atoms with Crippen LogP contribution in [0.2, 0.25) is 0 Å². The molecule has 0 spiro atoms. The fourth-order valence-electron chi connectivity index (χ4n) is 6.82. The minimum absolute atomic E-state index is 0.0990. The van der Waals surface area contributed by atoms with E-state index < -0.39 is 43.3 Å². The molecule has 0 amide bonds. The van der Waals surface area contributed by atoms with Crippen LogP contribution in [0.3, 0.4) is 0 Å². The van der Waals surface area contributed by atoms with Gasteiger partial charge in [0.25, 0.3) is 0 Å². The zero-order valence-electron chi connectivity index (χ0n) is 36.5. The molecule has 360 valence electrons. The van der Waals surface area contributed by atoms with Gasteiger partial charge in [0.1, 0.15) is 0 Å². The van der Waals surface area contributed by atoms with Crippen LogP contribution in [0.1, 0.15) is 200 Å². The maximum absolute atomic E-state index is 13.1. The topological polar surface area (TPSA) is 68.2 Å². The summed E-state index contributed by atoms with van der Waals surface area (Å²) in [5.74, 6) is -9.52. The average Bonchev–Trinajstić information content (AvgIpc) is 3.17. The summed E-state index contributed by atoms with van der Waals surface area (Å²) in [4.78, 5) is 14.3. The molecule has 0 rings (SSSR count). The predicted molar refractivity (Wildman–Crippen MR) is 216 cm³/mol. The summed E-state index contributed by atoms with van der Waals surface area (Å²) < 4.78 is 144. The SMILES string of the molecule is CCCCCCCCCOC(=O)CCCCCCCN(CCO)CCCCCCCCC(OCCCCCCC(F)(F)C(F)(F)F)OCCCCCCC(F)(F)C(F)(F)F. The molecule has 0 aliphatic carbocycles. The van der Waals surface area contributed by atoms with Crippen LogP contribution in [-0.2, 0) is 19.0 Å². The van der Waals surface area contributed by atoms with Gasteiger partial charge in [-0.15, -0.1) is 0 Å². The molecule has 0 aliphatic heterocycles. The van der Waals surface area contributed by atoms with Crippen molar-refractivity contribution in [3.63, 3.8) is 0 Å². The smallest absolute Gasteiger partial charge is 0.453 e. The molecule has 1 N–H and O–H groups in total. The molecule has 0 unspecified atom stereocenters. The van der Waals surface area contributed by atoms with Gasteiger partial charge < -0.3 is 24.2 Å². The Morgan fingerprint density at radius 2 is 0.867 bits per heavy atom. The van der Waals surface area contributed by atoms with E-state index in [9.17, 15) is 53.8 Å². The molecule has 0 aromatic rings. The minimum atomic E-state index is -5.56. The highest BCUT2D eigenvalue weighted by Gasteiger charge is 2.57. The van der Waals surface area contributed by atoms with Crippen molar-refractivity contribution >= 4 is 5.97 Å². The van der Waals surface area contributed by atoms with E-state index in [0.29, 0.717) is 51.7 Å². The molecule has 0 aliphatic rings. The summed E-state index contributed by atoms with van der Waals surface area (Å²) in [7, 11) is 0. The van der Waals surface area contributed by atoms with E-state index in [2.05, 4.69) is 11.8 Å². The van der Waals surface area contributed by atoms with Crippen LogP contribution in [0.15, 0.2) is 0 Å². The van der Waals surface area contributed by atoms with Crippen LogP contribution in [0.5, 0.6) is 0 Å². The Bertz CT molecular complexity index is 948. The van der Waals surface area contributed by atoms with E-state index in [0.717, 1.165) is 96.6 Å². The van der Waals surface area contributed by atoms with Gasteiger partial charge in [0.15, 0.2) is 6.29 Å². The van der Waals surface area contributed by atoms with Crippen molar-refractivity contribution in [2.24, 2.45) is 0 Å². The normalized spacial score (nSPS) is 13.0. The number of carbonyl (C=O) groups is 1. The summed E-state index contributed by atoms with van der Waals surface area (Å²) >= 11 is 0. The average molecular weight is 892 g/mol. The number of hydrogen-bond donors (Lipinski definition) is 1. The lowest BCUT2D eigenvalue weighted by Crippen LogP contribution is -2.36. The number of nitrogens with zero attached hydrogens (tertiary/aromatic N) is 1. The highest BCUT2D eigenvalue weighted by atomic mass is 19.4. The number of ether oxygens (including phenoxy) is 3. The van der Waals surface area contributed by atoms with E-state index in [1.54, 1.807) is 0 Å². The summed E-state index contributed by atoms with van der Waals surface area (Å²) in [6.45, 7) is 5.72. The van der Waals surface area contributed by atoms with E-state index in [4.69, 9.17) is 14.2 Å². The molecule has 0 heterocycles. The van der Waals surface area contributed by atoms with Crippen molar-refractivity contribution in [2.45, 2.75) is 230 Å². The lowest BCUT2D eigenvalue weighted by atomic mass is 10.1. The van der Waals surface area contributed by atoms with Crippen LogP contribution >= 0.6 is 0 Å². The van der Waals surface area contributed by atoms with Crippen molar-refractivity contribution in [3.05, 3.63) is 0 Å². The van der Waals surface area contributed by atoms with Gasteiger partial charge in [-0.1, -0.05) is 116 Å². The second-order valence-electron chi connectivity index (χ2n) is 16.2. The largest absolute Gasteiger partial charge is 0.466 e. The molecule has 0 saturated heterocycles. The fourth-order valence-corrected chi connectivity index (χ4v) is 6.82. The summed E-state index contributed by atoms with van der Waals surface area (Å²) in [6, 6.07) is 0. The maximum atomic E-state index is 13.1. The first-order chi connectivity index (χ1) is 28.5. The first-order valence-corrected chi connectivity index (χ1v) is 23.1. The number of aliphatic hydroxyl groups excluding tert-OH is 1. The Hall–Kier alpha value is -1.39. The number of halogens is 10. The second kappa shape index (κ2) is 36.0. The molecule has 0 saturated carbocycles. The van der Waals surface area contributed by atoms with Crippen molar-refractivity contribution in [1.29, 1.82) is 0 Å². The number of aliphatic hydroxyl groups is 1. The van der Waals surface area contributed by atoms with Crippen LogP contribution in [0.4, 0.5) is 43.9 Å². The Morgan fingerprint density at radius 1 is 0.483 bits per heavy atom.